The molecular weight excluding hydrogens is 470 g/mol. The first-order chi connectivity index (χ1) is 16.2. The lowest BCUT2D eigenvalue weighted by atomic mass is 10.1. The molecule has 34 heavy (non-hydrogen) atoms. The molecule has 3 aromatic rings. The first-order valence-corrected chi connectivity index (χ1v) is 13.8. The Bertz CT molecular complexity index is 1320. The van der Waals surface area contributed by atoms with Crippen molar-refractivity contribution in [2.75, 3.05) is 26.8 Å². The molecule has 0 atom stereocenters. The topological polar surface area (TPSA) is 81.0 Å². The first kappa shape index (κ1) is 26.3. The van der Waals surface area contributed by atoms with Gasteiger partial charge in [-0.15, -0.1) is 0 Å². The highest BCUT2D eigenvalue weighted by molar-refractivity contribution is 7.89. The minimum atomic E-state index is -3.59. The van der Waals surface area contributed by atoms with Gasteiger partial charge in [0.1, 0.15) is 0 Å². The van der Waals surface area contributed by atoms with Gasteiger partial charge < -0.3 is 9.30 Å². The van der Waals surface area contributed by atoms with E-state index in [1.807, 2.05) is 18.4 Å². The number of carbonyl (C=O) groups is 1. The van der Waals surface area contributed by atoms with Crippen LogP contribution in [-0.4, -0.2) is 50.0 Å². The number of aromatic nitrogens is 1. The van der Waals surface area contributed by atoms with Crippen molar-refractivity contribution < 1.29 is 17.9 Å². The third kappa shape index (κ3) is 5.66. The van der Waals surface area contributed by atoms with Gasteiger partial charge in [0, 0.05) is 32.3 Å². The number of nitrogens with zero attached hydrogens (tertiary/aromatic N) is 3. The Labute approximate surface area is 205 Å². The van der Waals surface area contributed by atoms with Gasteiger partial charge in [0.05, 0.1) is 21.7 Å². The highest BCUT2D eigenvalue weighted by Crippen LogP contribution is 2.22. The number of amides is 1. The van der Waals surface area contributed by atoms with Crippen molar-refractivity contribution in [3.05, 3.63) is 57.9 Å². The largest absolute Gasteiger partial charge is 0.383 e. The Morgan fingerprint density at radius 1 is 1.06 bits per heavy atom. The molecule has 2 aromatic carbocycles. The number of hydrogen-bond acceptors (Lipinski definition) is 5. The van der Waals surface area contributed by atoms with Crippen LogP contribution in [0.25, 0.3) is 10.2 Å². The summed E-state index contributed by atoms with van der Waals surface area (Å²) in [5, 5.41) is 0. The number of sulfonamides is 1. The second-order valence-electron chi connectivity index (χ2n) is 8.28. The van der Waals surface area contributed by atoms with E-state index >= 15 is 0 Å². The summed E-state index contributed by atoms with van der Waals surface area (Å²) in [5.74, 6) is -0.408. The van der Waals surface area contributed by atoms with Gasteiger partial charge in [0.15, 0.2) is 4.80 Å². The molecule has 0 N–H and O–H groups in total. The summed E-state index contributed by atoms with van der Waals surface area (Å²) in [7, 11) is -1.95. The van der Waals surface area contributed by atoms with Crippen LogP contribution in [0.2, 0.25) is 0 Å². The van der Waals surface area contributed by atoms with Gasteiger partial charge in [-0.2, -0.15) is 9.30 Å². The van der Waals surface area contributed by atoms with E-state index in [0.717, 1.165) is 23.1 Å². The number of hydrogen-bond donors (Lipinski definition) is 0. The zero-order valence-corrected chi connectivity index (χ0v) is 22.1. The standard InChI is InChI=1S/C25H33N3O4S2/c1-6-12-27(13-7-2)34(30,31)21-10-8-20(9-11-21)24(29)26-25-28(14-15-32-5)22-16-18(3)19(4)17-23(22)33-25/h8-11,16-17H,6-7,12-15H2,1-5H3. The van der Waals surface area contributed by atoms with Crippen molar-refractivity contribution in [1.82, 2.24) is 8.87 Å². The predicted octanol–water partition coefficient (Wildman–Crippen LogP) is 4.52. The third-order valence-corrected chi connectivity index (χ3v) is 8.65. The van der Waals surface area contributed by atoms with Crippen LogP contribution in [0.1, 0.15) is 48.2 Å². The normalized spacial score (nSPS) is 12.7. The summed E-state index contributed by atoms with van der Waals surface area (Å²) in [4.78, 5) is 18.2. The number of ether oxygens (including phenoxy) is 1. The molecule has 1 aromatic heterocycles. The summed E-state index contributed by atoms with van der Waals surface area (Å²) in [6.45, 7) is 10.1. The van der Waals surface area contributed by atoms with Crippen LogP contribution in [0.5, 0.6) is 0 Å². The number of rotatable bonds is 10. The number of carbonyl (C=O) groups excluding carboxylic acids is 1. The zero-order valence-electron chi connectivity index (χ0n) is 20.5. The number of methoxy groups -OCH3 is 1. The molecule has 0 radical (unpaired) electrons. The van der Waals surface area contributed by atoms with Gasteiger partial charge in [-0.1, -0.05) is 25.2 Å². The van der Waals surface area contributed by atoms with Gasteiger partial charge in [-0.05, 0) is 74.2 Å². The molecule has 9 heteroatoms. The summed E-state index contributed by atoms with van der Waals surface area (Å²) < 4.78 is 35.8. The Morgan fingerprint density at radius 3 is 2.26 bits per heavy atom. The number of fused-ring (bicyclic) bond motifs is 1. The highest BCUT2D eigenvalue weighted by atomic mass is 32.2. The van der Waals surface area contributed by atoms with Gasteiger partial charge in [0.2, 0.25) is 10.0 Å². The maximum Gasteiger partial charge on any atom is 0.279 e. The fourth-order valence-corrected chi connectivity index (χ4v) is 6.48. The van der Waals surface area contributed by atoms with E-state index in [1.54, 1.807) is 7.11 Å². The van der Waals surface area contributed by atoms with Crippen LogP contribution in [-0.2, 0) is 21.3 Å². The maximum atomic E-state index is 13.0. The fraction of sp³-hybridized carbons (Fsp3) is 0.440. The van der Waals surface area contributed by atoms with E-state index in [-0.39, 0.29) is 4.90 Å². The first-order valence-electron chi connectivity index (χ1n) is 11.5. The molecule has 0 aliphatic heterocycles. The second kappa shape index (κ2) is 11.4. The van der Waals surface area contributed by atoms with E-state index < -0.39 is 15.9 Å². The number of aryl methyl sites for hydroxylation is 2. The van der Waals surface area contributed by atoms with Crippen molar-refractivity contribution in [3.8, 4) is 0 Å². The molecule has 0 spiro atoms. The van der Waals surface area contributed by atoms with E-state index in [0.29, 0.717) is 36.6 Å². The SMILES string of the molecule is CCCN(CCC)S(=O)(=O)c1ccc(C(=O)N=c2sc3cc(C)c(C)cc3n2CCOC)cc1. The number of benzene rings is 2. The predicted molar refractivity (Wildman–Crippen MR) is 137 cm³/mol. The molecule has 0 saturated heterocycles. The molecule has 184 valence electrons. The van der Waals surface area contributed by atoms with Crippen molar-refractivity contribution >= 4 is 37.5 Å². The molecule has 1 heterocycles. The Kier molecular flexibility index (Phi) is 8.81. The molecule has 0 aliphatic carbocycles. The van der Waals surface area contributed by atoms with Crippen LogP contribution < -0.4 is 4.80 Å². The minimum Gasteiger partial charge on any atom is -0.383 e. The van der Waals surface area contributed by atoms with Crippen molar-refractivity contribution in [1.29, 1.82) is 0 Å². The molecule has 1 amide bonds. The summed E-state index contributed by atoms with van der Waals surface area (Å²) in [5.41, 5.74) is 3.72. The van der Waals surface area contributed by atoms with E-state index in [1.165, 1.54) is 51.0 Å². The molecule has 0 aliphatic rings. The third-order valence-electron chi connectivity index (χ3n) is 5.70. The Hall–Kier alpha value is -2.33. The molecule has 0 fully saturated rings. The van der Waals surface area contributed by atoms with Crippen molar-refractivity contribution in [3.63, 3.8) is 0 Å². The van der Waals surface area contributed by atoms with Gasteiger partial charge in [0.25, 0.3) is 5.91 Å². The zero-order chi connectivity index (χ0) is 24.9. The Morgan fingerprint density at radius 2 is 1.68 bits per heavy atom. The fourth-order valence-electron chi connectivity index (χ4n) is 3.73. The monoisotopic (exact) mass is 503 g/mol. The van der Waals surface area contributed by atoms with Crippen LogP contribution in [0.3, 0.4) is 0 Å². The van der Waals surface area contributed by atoms with E-state index in [9.17, 15) is 13.2 Å². The lowest BCUT2D eigenvalue weighted by Gasteiger charge is -2.21. The molecular formula is C25H33N3O4S2. The van der Waals surface area contributed by atoms with E-state index in [2.05, 4.69) is 31.0 Å². The molecule has 0 unspecified atom stereocenters. The molecule has 0 saturated carbocycles. The quantitative estimate of drug-likeness (QED) is 0.407. The molecule has 3 rings (SSSR count). The average molecular weight is 504 g/mol. The summed E-state index contributed by atoms with van der Waals surface area (Å²) >= 11 is 1.46. The second-order valence-corrected chi connectivity index (χ2v) is 11.2. The van der Waals surface area contributed by atoms with Crippen LogP contribution in [0.4, 0.5) is 0 Å². The summed E-state index contributed by atoms with van der Waals surface area (Å²) in [6, 6.07) is 10.3. The Balaban J connectivity index is 1.97. The van der Waals surface area contributed by atoms with Crippen LogP contribution in [0.15, 0.2) is 46.3 Å². The lowest BCUT2D eigenvalue weighted by molar-refractivity contribution is 0.0997. The van der Waals surface area contributed by atoms with Crippen LogP contribution in [0, 0.1) is 13.8 Å². The summed E-state index contributed by atoms with van der Waals surface area (Å²) in [6.07, 6.45) is 1.48. The minimum absolute atomic E-state index is 0.189. The van der Waals surface area contributed by atoms with Gasteiger partial charge in [-0.25, -0.2) is 8.42 Å². The van der Waals surface area contributed by atoms with Crippen molar-refractivity contribution in [2.45, 2.75) is 52.0 Å². The molecule has 7 nitrogen and oxygen atoms in total. The van der Waals surface area contributed by atoms with Crippen LogP contribution >= 0.6 is 11.3 Å². The smallest absolute Gasteiger partial charge is 0.279 e. The van der Waals surface area contributed by atoms with Gasteiger partial charge in [-0.3, -0.25) is 4.79 Å². The van der Waals surface area contributed by atoms with Gasteiger partial charge >= 0.3 is 0 Å². The maximum absolute atomic E-state index is 13.0. The lowest BCUT2D eigenvalue weighted by Crippen LogP contribution is -2.32. The van der Waals surface area contributed by atoms with Crippen molar-refractivity contribution in [2.24, 2.45) is 4.99 Å². The number of thiazole rings is 1. The molecule has 0 bridgehead atoms. The highest BCUT2D eigenvalue weighted by Gasteiger charge is 2.23. The average Bonchev–Trinajstić information content (AvgIpc) is 3.13. The van der Waals surface area contributed by atoms with E-state index in [4.69, 9.17) is 4.74 Å².